The fourth-order valence-corrected chi connectivity index (χ4v) is 5.42. The number of nitrogens with zero attached hydrogens (tertiary/aromatic N) is 2. The van der Waals surface area contributed by atoms with Crippen LogP contribution in [0, 0.1) is 6.92 Å². The number of aryl methyl sites for hydroxylation is 1. The second kappa shape index (κ2) is 10.3. The summed E-state index contributed by atoms with van der Waals surface area (Å²) in [6, 6.07) is 11.3. The van der Waals surface area contributed by atoms with Crippen LogP contribution < -0.4 is 9.46 Å². The normalized spacial score (nSPS) is 17.3. The third-order valence-electron chi connectivity index (χ3n) is 6.54. The fraction of sp³-hybridized carbons (Fsp3) is 0.417. The molecule has 2 N–H and O–H groups in total. The number of aromatic nitrogens is 2. The molecule has 0 aliphatic carbocycles. The van der Waals surface area contributed by atoms with E-state index in [9.17, 15) is 13.2 Å². The third kappa shape index (κ3) is 6.09. The molecule has 3 aromatic rings. The Balaban J connectivity index is 0.00000171. The highest BCUT2D eigenvalue weighted by atomic mass is 35.5. The number of aromatic amines is 1. The Morgan fingerprint density at radius 2 is 1.89 bits per heavy atom. The molecular formula is C24H30Cl2N4O4S. The van der Waals surface area contributed by atoms with Gasteiger partial charge in [0.1, 0.15) is 17.2 Å². The molecule has 190 valence electrons. The number of imidazole rings is 1. The second-order valence-electron chi connectivity index (χ2n) is 9.24. The maximum absolute atomic E-state index is 12.9. The van der Waals surface area contributed by atoms with Gasteiger partial charge in [-0.25, -0.2) is 13.4 Å². The van der Waals surface area contributed by atoms with E-state index in [1.807, 2.05) is 6.92 Å². The van der Waals surface area contributed by atoms with Crippen LogP contribution in [0.2, 0.25) is 0 Å². The number of ketones is 1. The zero-order chi connectivity index (χ0) is 23.2. The summed E-state index contributed by atoms with van der Waals surface area (Å²) in [7, 11) is -3.40. The van der Waals surface area contributed by atoms with Crippen LogP contribution in [0.25, 0.3) is 11.0 Å². The first-order valence-corrected chi connectivity index (χ1v) is 13.1. The predicted molar refractivity (Wildman–Crippen MR) is 142 cm³/mol. The molecule has 5 rings (SSSR count). The van der Waals surface area contributed by atoms with Crippen LogP contribution in [0.4, 0.5) is 5.69 Å². The average molecular weight is 542 g/mol. The summed E-state index contributed by atoms with van der Waals surface area (Å²) in [5.74, 6) is 1.47. The Morgan fingerprint density at radius 3 is 2.60 bits per heavy atom. The van der Waals surface area contributed by atoms with Crippen LogP contribution >= 0.6 is 24.8 Å². The largest absolute Gasteiger partial charge is 0.486 e. The minimum atomic E-state index is -3.40. The number of H-pyrrole nitrogens is 1. The molecule has 3 heterocycles. The van der Waals surface area contributed by atoms with Gasteiger partial charge in [-0.05, 0) is 49.2 Å². The second-order valence-corrected chi connectivity index (χ2v) is 11.0. The summed E-state index contributed by atoms with van der Waals surface area (Å²) < 4.78 is 31.7. The summed E-state index contributed by atoms with van der Waals surface area (Å²) in [5, 5.41) is 0. The van der Waals surface area contributed by atoms with E-state index >= 15 is 0 Å². The molecule has 2 aliphatic rings. The zero-order valence-corrected chi connectivity index (χ0v) is 22.1. The number of halogens is 2. The van der Waals surface area contributed by atoms with Crippen LogP contribution in [-0.4, -0.2) is 60.6 Å². The molecule has 1 aromatic heterocycles. The van der Waals surface area contributed by atoms with Gasteiger partial charge in [-0.15, -0.1) is 24.8 Å². The molecule has 0 unspecified atom stereocenters. The van der Waals surface area contributed by atoms with Gasteiger partial charge in [0.25, 0.3) is 0 Å². The Morgan fingerprint density at radius 1 is 1.14 bits per heavy atom. The number of piperidine rings is 1. The SMILES string of the molecule is Cc1nc2ccc(CCN3CCC4(CC3)CC(=O)c3cc(NS(C)(=O)=O)ccc3O4)cc2[nH]1.Cl.Cl. The van der Waals surface area contributed by atoms with Crippen molar-refractivity contribution in [2.45, 2.75) is 38.2 Å². The number of hydrogen-bond acceptors (Lipinski definition) is 6. The summed E-state index contributed by atoms with van der Waals surface area (Å²) in [6.07, 6.45) is 3.95. The maximum atomic E-state index is 12.9. The van der Waals surface area contributed by atoms with Gasteiger partial charge in [-0.1, -0.05) is 6.07 Å². The third-order valence-corrected chi connectivity index (χ3v) is 7.15. The molecular weight excluding hydrogens is 511 g/mol. The molecule has 2 aromatic carbocycles. The number of benzene rings is 2. The number of Topliss-reactive ketones (excluding diaryl/α,β-unsaturated/α-hetero) is 1. The van der Waals surface area contributed by atoms with Crippen molar-refractivity contribution in [3.05, 3.63) is 53.3 Å². The Kier molecular flexibility index (Phi) is 8.06. The van der Waals surface area contributed by atoms with Gasteiger partial charge in [0.15, 0.2) is 5.78 Å². The van der Waals surface area contributed by atoms with E-state index in [2.05, 4.69) is 37.8 Å². The Hall–Kier alpha value is -2.33. The molecule has 8 nitrogen and oxygen atoms in total. The molecule has 1 fully saturated rings. The number of sulfonamides is 1. The molecule has 11 heteroatoms. The number of carbonyl (C=O) groups excluding carboxylic acids is 1. The number of ether oxygens (including phenoxy) is 1. The number of likely N-dealkylation sites (tertiary alicyclic amines) is 1. The standard InChI is InChI=1S/C24H28N4O4S.2ClH/c1-16-25-20-5-3-17(13-21(20)26-16)7-10-28-11-8-24(9-12-28)15-22(29)19-14-18(27-33(2,30)31)4-6-23(19)32-24;;/h3-6,13-14,27H,7-12,15H2,1-2H3,(H,25,26);2*1H. The molecule has 1 saturated heterocycles. The van der Waals surface area contributed by atoms with Crippen molar-refractivity contribution in [2.75, 3.05) is 30.6 Å². The summed E-state index contributed by atoms with van der Waals surface area (Å²) in [6.45, 7) is 4.67. The van der Waals surface area contributed by atoms with Crippen molar-refractivity contribution in [2.24, 2.45) is 0 Å². The molecule has 0 atom stereocenters. The van der Waals surface area contributed by atoms with Gasteiger partial charge >= 0.3 is 0 Å². The van der Waals surface area contributed by atoms with Gasteiger partial charge in [0.2, 0.25) is 10.0 Å². The number of hydrogen-bond donors (Lipinski definition) is 2. The lowest BCUT2D eigenvalue weighted by atomic mass is 9.82. The Bertz CT molecular complexity index is 1330. The first-order chi connectivity index (χ1) is 15.7. The average Bonchev–Trinajstić information content (AvgIpc) is 3.12. The fourth-order valence-electron chi connectivity index (χ4n) is 4.86. The first kappa shape index (κ1) is 27.3. The highest BCUT2D eigenvalue weighted by Crippen LogP contribution is 2.40. The van der Waals surface area contributed by atoms with Gasteiger partial charge < -0.3 is 14.6 Å². The van der Waals surface area contributed by atoms with E-state index in [-0.39, 0.29) is 30.6 Å². The van der Waals surface area contributed by atoms with Crippen LogP contribution in [0.15, 0.2) is 36.4 Å². The highest BCUT2D eigenvalue weighted by Gasteiger charge is 2.42. The number of rotatable bonds is 5. The van der Waals surface area contributed by atoms with Gasteiger partial charge in [-0.3, -0.25) is 9.52 Å². The molecule has 0 saturated carbocycles. The van der Waals surface area contributed by atoms with E-state index in [4.69, 9.17) is 4.74 Å². The molecule has 0 bridgehead atoms. The highest BCUT2D eigenvalue weighted by molar-refractivity contribution is 7.92. The lowest BCUT2D eigenvalue weighted by Gasteiger charge is -2.44. The maximum Gasteiger partial charge on any atom is 0.229 e. The van der Waals surface area contributed by atoms with E-state index in [0.717, 1.165) is 62.0 Å². The number of nitrogens with one attached hydrogen (secondary N) is 2. The lowest BCUT2D eigenvalue weighted by molar-refractivity contribution is -0.00864. The van der Waals surface area contributed by atoms with Gasteiger partial charge in [0.05, 0.1) is 29.3 Å². The topological polar surface area (TPSA) is 104 Å². The van der Waals surface area contributed by atoms with E-state index in [0.29, 0.717) is 23.4 Å². The monoisotopic (exact) mass is 540 g/mol. The first-order valence-electron chi connectivity index (χ1n) is 11.2. The van der Waals surface area contributed by atoms with Crippen LogP contribution in [0.3, 0.4) is 0 Å². The van der Waals surface area contributed by atoms with E-state index in [1.165, 1.54) is 5.56 Å². The summed E-state index contributed by atoms with van der Waals surface area (Å²) in [5.41, 5.74) is 3.70. The van der Waals surface area contributed by atoms with Crippen molar-refractivity contribution < 1.29 is 17.9 Å². The van der Waals surface area contributed by atoms with Crippen LogP contribution in [0.1, 0.15) is 41.0 Å². The summed E-state index contributed by atoms with van der Waals surface area (Å²) in [4.78, 5) is 23.1. The number of fused-ring (bicyclic) bond motifs is 2. The van der Waals surface area contributed by atoms with E-state index < -0.39 is 15.6 Å². The van der Waals surface area contributed by atoms with Crippen molar-refractivity contribution in [3.63, 3.8) is 0 Å². The van der Waals surface area contributed by atoms with Crippen LogP contribution in [0.5, 0.6) is 5.75 Å². The van der Waals surface area contributed by atoms with Gasteiger partial charge in [-0.2, -0.15) is 0 Å². The number of carbonyl (C=O) groups is 1. The van der Waals surface area contributed by atoms with Crippen molar-refractivity contribution in [1.82, 2.24) is 14.9 Å². The van der Waals surface area contributed by atoms with Crippen molar-refractivity contribution >= 4 is 57.3 Å². The molecule has 2 aliphatic heterocycles. The van der Waals surface area contributed by atoms with Gasteiger partial charge in [0, 0.05) is 38.2 Å². The molecule has 35 heavy (non-hydrogen) atoms. The lowest BCUT2D eigenvalue weighted by Crippen LogP contribution is -2.51. The predicted octanol–water partition coefficient (Wildman–Crippen LogP) is 4.13. The Labute approximate surface area is 217 Å². The zero-order valence-electron chi connectivity index (χ0n) is 19.7. The minimum absolute atomic E-state index is 0. The molecule has 1 spiro atoms. The molecule has 0 amide bonds. The summed E-state index contributed by atoms with van der Waals surface area (Å²) >= 11 is 0. The quantitative estimate of drug-likeness (QED) is 0.504. The number of anilines is 1. The van der Waals surface area contributed by atoms with Crippen LogP contribution in [-0.2, 0) is 16.4 Å². The smallest absolute Gasteiger partial charge is 0.229 e. The van der Waals surface area contributed by atoms with Crippen molar-refractivity contribution in [1.29, 1.82) is 0 Å². The van der Waals surface area contributed by atoms with E-state index in [1.54, 1.807) is 18.2 Å². The molecule has 0 radical (unpaired) electrons. The van der Waals surface area contributed by atoms with Crippen molar-refractivity contribution in [3.8, 4) is 5.75 Å². The minimum Gasteiger partial charge on any atom is -0.486 e.